The molecule has 1 aromatic carbocycles. The molecule has 0 atom stereocenters. The topological polar surface area (TPSA) is 46.3 Å². The number of carbonyl (C=O) groups is 1. The zero-order chi connectivity index (χ0) is 17.4. The average Bonchev–Trinajstić information content (AvgIpc) is 2.41. The number of ketones is 1. The number of aryl methyl sites for hydroxylation is 1. The molecule has 0 unspecified atom stereocenters. The molecular formula is C20H30N2O. The third-order valence-electron chi connectivity index (χ3n) is 4.88. The van der Waals surface area contributed by atoms with E-state index >= 15 is 0 Å². The Morgan fingerprint density at radius 2 is 1.96 bits per heavy atom. The molecule has 0 bridgehead atoms. The molecule has 23 heavy (non-hydrogen) atoms. The predicted molar refractivity (Wildman–Crippen MR) is 97.2 cm³/mol. The number of anilines is 1. The largest absolute Gasteiger partial charge is 0.399 e. The highest BCUT2D eigenvalue weighted by atomic mass is 16.1. The molecule has 0 fully saturated rings. The second kappa shape index (κ2) is 6.03. The molecule has 0 radical (unpaired) electrons. The summed E-state index contributed by atoms with van der Waals surface area (Å²) in [6.45, 7) is 13.9. The lowest BCUT2D eigenvalue weighted by atomic mass is 9.75. The van der Waals surface area contributed by atoms with Gasteiger partial charge in [-0.25, -0.2) is 0 Å². The van der Waals surface area contributed by atoms with E-state index in [9.17, 15) is 4.79 Å². The first-order valence-electron chi connectivity index (χ1n) is 8.38. The number of hydrogen-bond acceptors (Lipinski definition) is 3. The van der Waals surface area contributed by atoms with Gasteiger partial charge in [-0.05, 0) is 62.8 Å². The van der Waals surface area contributed by atoms with Crippen molar-refractivity contribution in [2.45, 2.75) is 59.9 Å². The van der Waals surface area contributed by atoms with Crippen LogP contribution in [0.4, 0.5) is 5.69 Å². The van der Waals surface area contributed by atoms with Crippen LogP contribution in [0.2, 0.25) is 0 Å². The summed E-state index contributed by atoms with van der Waals surface area (Å²) in [6.07, 6.45) is 3.51. The monoisotopic (exact) mass is 314 g/mol. The summed E-state index contributed by atoms with van der Waals surface area (Å²) >= 11 is 0. The minimum Gasteiger partial charge on any atom is -0.399 e. The Balaban J connectivity index is 2.31. The number of nitrogens with zero attached hydrogens (tertiary/aromatic N) is 1. The summed E-state index contributed by atoms with van der Waals surface area (Å²) in [6, 6.07) is 5.79. The molecular weight excluding hydrogens is 284 g/mol. The summed E-state index contributed by atoms with van der Waals surface area (Å²) in [5.74, 6) is 0.206. The summed E-state index contributed by atoms with van der Waals surface area (Å²) in [5, 5.41) is 0. The predicted octanol–water partition coefficient (Wildman–Crippen LogP) is 4.10. The zero-order valence-electron chi connectivity index (χ0n) is 15.4. The minimum atomic E-state index is -0.0763. The van der Waals surface area contributed by atoms with Crippen LogP contribution in [0.25, 0.3) is 0 Å². The van der Waals surface area contributed by atoms with Gasteiger partial charge in [0.15, 0.2) is 5.78 Å². The maximum atomic E-state index is 13.0. The quantitative estimate of drug-likeness (QED) is 0.854. The molecule has 1 heterocycles. The summed E-state index contributed by atoms with van der Waals surface area (Å²) in [4.78, 5) is 15.3. The summed E-state index contributed by atoms with van der Waals surface area (Å²) in [7, 11) is 0. The van der Waals surface area contributed by atoms with Crippen molar-refractivity contribution in [3.05, 3.63) is 41.1 Å². The van der Waals surface area contributed by atoms with Crippen LogP contribution in [0, 0.1) is 12.3 Å². The first-order chi connectivity index (χ1) is 10.5. The van der Waals surface area contributed by atoms with E-state index in [0.717, 1.165) is 29.7 Å². The van der Waals surface area contributed by atoms with Crippen molar-refractivity contribution in [3.8, 4) is 0 Å². The Bertz CT molecular complexity index is 636. The van der Waals surface area contributed by atoms with E-state index in [0.29, 0.717) is 12.1 Å². The van der Waals surface area contributed by atoms with Gasteiger partial charge in [0.2, 0.25) is 0 Å². The summed E-state index contributed by atoms with van der Waals surface area (Å²) in [5.41, 5.74) is 9.63. The molecule has 0 saturated heterocycles. The lowest BCUT2D eigenvalue weighted by Crippen LogP contribution is -2.44. The van der Waals surface area contributed by atoms with E-state index in [2.05, 4.69) is 45.7 Å². The minimum absolute atomic E-state index is 0.0368. The zero-order valence-corrected chi connectivity index (χ0v) is 15.4. The second-order valence-electron chi connectivity index (χ2n) is 8.33. The molecule has 0 spiro atoms. The molecule has 2 N–H and O–H groups in total. The molecule has 126 valence electrons. The van der Waals surface area contributed by atoms with E-state index in [1.807, 2.05) is 25.1 Å². The van der Waals surface area contributed by atoms with Gasteiger partial charge in [0, 0.05) is 36.0 Å². The van der Waals surface area contributed by atoms with Crippen LogP contribution in [0.15, 0.2) is 30.0 Å². The number of hydrogen-bond donors (Lipinski definition) is 1. The smallest absolute Gasteiger partial charge is 0.165 e. The first kappa shape index (κ1) is 17.6. The number of nitrogen functional groups attached to an aromatic ring is 1. The van der Waals surface area contributed by atoms with Crippen LogP contribution >= 0.6 is 0 Å². The SMILES string of the molecule is Cc1ccc(N)cc1CC(=O)C1=CN(C(C)(C)C)CCC1(C)C. The fraction of sp³-hybridized carbons (Fsp3) is 0.550. The van der Waals surface area contributed by atoms with Gasteiger partial charge in [-0.1, -0.05) is 19.9 Å². The Labute approximate surface area is 140 Å². The van der Waals surface area contributed by atoms with E-state index in [-0.39, 0.29) is 16.7 Å². The number of benzene rings is 1. The molecule has 0 aliphatic carbocycles. The van der Waals surface area contributed by atoms with Gasteiger partial charge in [0.1, 0.15) is 0 Å². The molecule has 0 saturated carbocycles. The number of carbonyl (C=O) groups excluding carboxylic acids is 1. The molecule has 2 rings (SSSR count). The number of allylic oxidation sites excluding steroid dienone is 1. The normalized spacial score (nSPS) is 17.8. The maximum absolute atomic E-state index is 13.0. The highest BCUT2D eigenvalue weighted by Crippen LogP contribution is 2.37. The van der Waals surface area contributed by atoms with Crippen molar-refractivity contribution in [1.29, 1.82) is 0 Å². The molecule has 1 aliphatic heterocycles. The van der Waals surface area contributed by atoms with Crippen LogP contribution in [0.5, 0.6) is 0 Å². The van der Waals surface area contributed by atoms with E-state index < -0.39 is 0 Å². The number of nitrogens with two attached hydrogens (primary N) is 1. The van der Waals surface area contributed by atoms with Crippen LogP contribution in [0.3, 0.4) is 0 Å². The lowest BCUT2D eigenvalue weighted by Gasteiger charge is -2.43. The van der Waals surface area contributed by atoms with Crippen molar-refractivity contribution >= 4 is 11.5 Å². The van der Waals surface area contributed by atoms with Crippen molar-refractivity contribution in [2.75, 3.05) is 12.3 Å². The van der Waals surface area contributed by atoms with Gasteiger partial charge in [0.05, 0.1) is 0 Å². The Hall–Kier alpha value is -1.77. The van der Waals surface area contributed by atoms with Crippen LogP contribution in [-0.4, -0.2) is 22.8 Å². The van der Waals surface area contributed by atoms with Crippen LogP contribution in [0.1, 0.15) is 52.2 Å². The van der Waals surface area contributed by atoms with Gasteiger partial charge in [-0.2, -0.15) is 0 Å². The number of Topliss-reactive ketones (excluding diaryl/α,β-unsaturated/α-hetero) is 1. The standard InChI is InChI=1S/C20H30N2O/c1-14-7-8-16(21)11-15(14)12-18(23)17-13-22(19(2,3)4)10-9-20(17,5)6/h7-8,11,13H,9-10,12,21H2,1-6H3. The van der Waals surface area contributed by atoms with Crippen molar-refractivity contribution in [1.82, 2.24) is 4.90 Å². The van der Waals surface area contributed by atoms with Gasteiger partial charge in [-0.15, -0.1) is 0 Å². The maximum Gasteiger partial charge on any atom is 0.165 e. The first-order valence-corrected chi connectivity index (χ1v) is 8.38. The molecule has 3 nitrogen and oxygen atoms in total. The fourth-order valence-corrected chi connectivity index (χ4v) is 3.06. The second-order valence-corrected chi connectivity index (χ2v) is 8.33. The van der Waals surface area contributed by atoms with Crippen LogP contribution < -0.4 is 5.73 Å². The average molecular weight is 314 g/mol. The molecule has 0 amide bonds. The van der Waals surface area contributed by atoms with E-state index in [1.54, 1.807) is 0 Å². The van der Waals surface area contributed by atoms with Crippen LogP contribution in [-0.2, 0) is 11.2 Å². The fourth-order valence-electron chi connectivity index (χ4n) is 3.06. The van der Waals surface area contributed by atoms with Gasteiger partial charge in [-0.3, -0.25) is 4.79 Å². The van der Waals surface area contributed by atoms with Gasteiger partial charge in [0.25, 0.3) is 0 Å². The van der Waals surface area contributed by atoms with E-state index in [1.165, 1.54) is 0 Å². The van der Waals surface area contributed by atoms with Crippen molar-refractivity contribution in [3.63, 3.8) is 0 Å². The van der Waals surface area contributed by atoms with Gasteiger partial charge >= 0.3 is 0 Å². The Morgan fingerprint density at radius 1 is 1.30 bits per heavy atom. The van der Waals surface area contributed by atoms with Gasteiger partial charge < -0.3 is 10.6 Å². The summed E-state index contributed by atoms with van der Waals surface area (Å²) < 4.78 is 0. The molecule has 1 aliphatic rings. The Morgan fingerprint density at radius 3 is 2.57 bits per heavy atom. The third kappa shape index (κ3) is 3.95. The van der Waals surface area contributed by atoms with Crippen molar-refractivity contribution < 1.29 is 4.79 Å². The molecule has 0 aromatic heterocycles. The van der Waals surface area contributed by atoms with Crippen molar-refractivity contribution in [2.24, 2.45) is 5.41 Å². The molecule has 1 aromatic rings. The van der Waals surface area contributed by atoms with E-state index in [4.69, 9.17) is 5.73 Å². The lowest BCUT2D eigenvalue weighted by molar-refractivity contribution is -0.116. The highest BCUT2D eigenvalue weighted by Gasteiger charge is 2.35. The highest BCUT2D eigenvalue weighted by molar-refractivity contribution is 5.98. The number of rotatable bonds is 3. The third-order valence-corrected chi connectivity index (χ3v) is 4.88. The Kier molecular flexibility index (Phi) is 4.61. The molecule has 3 heteroatoms.